The van der Waals surface area contributed by atoms with Crippen LogP contribution in [-0.4, -0.2) is 35.6 Å². The lowest BCUT2D eigenvalue weighted by atomic mass is 9.80. The molecule has 0 amide bonds. The van der Waals surface area contributed by atoms with Crippen LogP contribution in [0.5, 0.6) is 0 Å². The van der Waals surface area contributed by atoms with E-state index in [1.165, 1.54) is 12.1 Å². The van der Waals surface area contributed by atoms with Gasteiger partial charge >= 0.3 is 0 Å². The topological polar surface area (TPSA) is 49.5 Å². The van der Waals surface area contributed by atoms with E-state index in [0.717, 1.165) is 33.7 Å². The van der Waals surface area contributed by atoms with Gasteiger partial charge in [-0.25, -0.2) is 13.8 Å². The Bertz CT molecular complexity index is 1500. The van der Waals surface area contributed by atoms with Gasteiger partial charge in [0.1, 0.15) is 17.3 Å². The van der Waals surface area contributed by atoms with E-state index in [4.69, 9.17) is 9.40 Å². The molecule has 1 atom stereocenters. The number of aliphatic hydroxyl groups is 1. The van der Waals surface area contributed by atoms with E-state index < -0.39 is 17.2 Å². The van der Waals surface area contributed by atoms with E-state index in [1.807, 2.05) is 85.7 Å². The summed E-state index contributed by atoms with van der Waals surface area (Å²) in [5, 5.41) is 13.0. The van der Waals surface area contributed by atoms with Crippen LogP contribution in [0.25, 0.3) is 33.5 Å². The molecule has 1 N–H and O–H groups in total. The molecular weight excluding hydrogens is 470 g/mol. The highest BCUT2D eigenvalue weighted by atomic mass is 19.1. The first-order valence-electron chi connectivity index (χ1n) is 12.2. The molecule has 0 aliphatic rings. The van der Waals surface area contributed by atoms with Crippen molar-refractivity contribution in [2.45, 2.75) is 18.4 Å². The maximum atomic E-state index is 14.4. The van der Waals surface area contributed by atoms with Gasteiger partial charge in [-0.05, 0) is 67.5 Å². The number of benzene rings is 3. The number of hydrogen-bond acceptors (Lipinski definition) is 4. The summed E-state index contributed by atoms with van der Waals surface area (Å²) in [4.78, 5) is 6.90. The summed E-state index contributed by atoms with van der Waals surface area (Å²) >= 11 is 0. The zero-order chi connectivity index (χ0) is 26.0. The minimum absolute atomic E-state index is 0.116. The average Bonchev–Trinajstić information content (AvgIpc) is 3.42. The molecule has 5 aromatic rings. The standard InChI is InChI=1S/C31H28F2N2O2/c1-35(2)15-14-31(36,22-17-23(32)19-24(33)18-22)20-26-25-11-6-7-12-27(25)34-30(28-13-8-16-37-28)29(26)21-9-4-3-5-10-21/h3-13,16-19,36H,14-15,20H2,1-2H3. The van der Waals surface area contributed by atoms with Gasteiger partial charge in [0.05, 0.1) is 17.4 Å². The lowest BCUT2D eigenvalue weighted by molar-refractivity contribution is 0.0210. The van der Waals surface area contributed by atoms with Crippen LogP contribution in [0.15, 0.2) is 95.6 Å². The fourth-order valence-electron chi connectivity index (χ4n) is 4.83. The number of nitrogens with zero attached hydrogens (tertiary/aromatic N) is 2. The normalized spacial score (nSPS) is 13.2. The monoisotopic (exact) mass is 498 g/mol. The molecule has 0 saturated carbocycles. The molecule has 0 aliphatic carbocycles. The fraction of sp³-hybridized carbons (Fsp3) is 0.194. The Balaban J connectivity index is 1.80. The third-order valence-corrected chi connectivity index (χ3v) is 6.66. The van der Waals surface area contributed by atoms with Gasteiger partial charge in [0.25, 0.3) is 0 Å². The van der Waals surface area contributed by atoms with Crippen LogP contribution in [0.1, 0.15) is 17.5 Å². The summed E-state index contributed by atoms with van der Waals surface area (Å²) in [6.45, 7) is 0.517. The number of furan rings is 1. The maximum Gasteiger partial charge on any atom is 0.152 e. The van der Waals surface area contributed by atoms with E-state index in [0.29, 0.717) is 18.0 Å². The lowest BCUT2D eigenvalue weighted by Gasteiger charge is -2.32. The van der Waals surface area contributed by atoms with Gasteiger partial charge in [0.15, 0.2) is 5.76 Å². The summed E-state index contributed by atoms with van der Waals surface area (Å²) in [6.07, 6.45) is 1.98. The van der Waals surface area contributed by atoms with Crippen LogP contribution in [-0.2, 0) is 12.0 Å². The summed E-state index contributed by atoms with van der Waals surface area (Å²) in [5.74, 6) is -0.852. The Hall–Kier alpha value is -3.87. The Morgan fingerprint density at radius 1 is 0.892 bits per heavy atom. The second-order valence-corrected chi connectivity index (χ2v) is 9.59. The number of rotatable bonds is 8. The van der Waals surface area contributed by atoms with Crippen molar-refractivity contribution in [2.75, 3.05) is 20.6 Å². The average molecular weight is 499 g/mol. The predicted molar refractivity (Wildman–Crippen MR) is 142 cm³/mol. The van der Waals surface area contributed by atoms with Gasteiger partial charge in [-0.1, -0.05) is 48.5 Å². The van der Waals surface area contributed by atoms with Crippen LogP contribution < -0.4 is 0 Å². The van der Waals surface area contributed by atoms with Crippen LogP contribution in [0.4, 0.5) is 8.78 Å². The molecule has 4 nitrogen and oxygen atoms in total. The molecule has 3 aromatic carbocycles. The van der Waals surface area contributed by atoms with Gasteiger partial charge in [0, 0.05) is 30.0 Å². The van der Waals surface area contributed by atoms with Crippen molar-refractivity contribution in [3.05, 3.63) is 114 Å². The zero-order valence-corrected chi connectivity index (χ0v) is 20.8. The summed E-state index contributed by atoms with van der Waals surface area (Å²) in [5.41, 5.74) is 2.58. The number of fused-ring (bicyclic) bond motifs is 1. The van der Waals surface area contributed by atoms with Crippen LogP contribution in [0.3, 0.4) is 0 Å². The first kappa shape index (κ1) is 24.8. The molecule has 0 bridgehead atoms. The van der Waals surface area contributed by atoms with Crippen LogP contribution >= 0.6 is 0 Å². The second kappa shape index (κ2) is 10.2. The van der Waals surface area contributed by atoms with Crippen molar-refractivity contribution >= 4 is 10.9 Å². The molecule has 0 radical (unpaired) electrons. The van der Waals surface area contributed by atoms with Crippen molar-refractivity contribution in [1.82, 2.24) is 9.88 Å². The van der Waals surface area contributed by atoms with E-state index in [-0.39, 0.29) is 18.4 Å². The molecule has 5 rings (SSSR count). The van der Waals surface area contributed by atoms with Gasteiger partial charge in [0.2, 0.25) is 0 Å². The van der Waals surface area contributed by atoms with Gasteiger partial charge in [-0.3, -0.25) is 0 Å². The SMILES string of the molecule is CN(C)CCC(O)(Cc1c(-c2ccccc2)c(-c2ccco2)nc2ccccc12)c1cc(F)cc(F)c1. The molecule has 0 fully saturated rings. The highest BCUT2D eigenvalue weighted by Gasteiger charge is 2.34. The molecule has 188 valence electrons. The molecule has 37 heavy (non-hydrogen) atoms. The third-order valence-electron chi connectivity index (χ3n) is 6.66. The minimum atomic E-state index is -1.55. The maximum absolute atomic E-state index is 14.4. The highest BCUT2D eigenvalue weighted by Crippen LogP contribution is 2.42. The van der Waals surface area contributed by atoms with Crippen molar-refractivity contribution in [3.8, 4) is 22.6 Å². The number of para-hydroxylation sites is 1. The van der Waals surface area contributed by atoms with Crippen molar-refractivity contribution in [2.24, 2.45) is 0 Å². The van der Waals surface area contributed by atoms with E-state index >= 15 is 0 Å². The first-order valence-corrected chi connectivity index (χ1v) is 12.2. The third kappa shape index (κ3) is 5.17. The van der Waals surface area contributed by atoms with Crippen LogP contribution in [0, 0.1) is 11.6 Å². The summed E-state index contributed by atoms with van der Waals surface area (Å²) in [7, 11) is 3.80. The Labute approximate surface area is 214 Å². The van der Waals surface area contributed by atoms with E-state index in [9.17, 15) is 13.9 Å². The molecule has 0 aliphatic heterocycles. The van der Waals surface area contributed by atoms with E-state index in [1.54, 1.807) is 6.26 Å². The molecule has 0 saturated heterocycles. The van der Waals surface area contributed by atoms with E-state index in [2.05, 4.69) is 0 Å². The number of hydrogen-bond donors (Lipinski definition) is 1. The smallest absolute Gasteiger partial charge is 0.152 e. The lowest BCUT2D eigenvalue weighted by Crippen LogP contribution is -2.33. The quantitative estimate of drug-likeness (QED) is 0.255. The fourth-order valence-corrected chi connectivity index (χ4v) is 4.83. The predicted octanol–water partition coefficient (Wildman–Crippen LogP) is 6.82. The Morgan fingerprint density at radius 3 is 2.27 bits per heavy atom. The molecule has 6 heteroatoms. The van der Waals surface area contributed by atoms with Gasteiger partial charge in [-0.2, -0.15) is 0 Å². The van der Waals surface area contributed by atoms with Crippen molar-refractivity contribution in [1.29, 1.82) is 0 Å². The minimum Gasteiger partial charge on any atom is -0.463 e. The number of aromatic nitrogens is 1. The largest absolute Gasteiger partial charge is 0.463 e. The zero-order valence-electron chi connectivity index (χ0n) is 20.8. The Morgan fingerprint density at radius 2 is 1.59 bits per heavy atom. The van der Waals surface area contributed by atoms with Crippen molar-refractivity contribution < 1.29 is 18.3 Å². The summed E-state index contributed by atoms with van der Waals surface area (Å²) < 4.78 is 34.5. The molecular formula is C31H28F2N2O2. The highest BCUT2D eigenvalue weighted by molar-refractivity contribution is 5.95. The number of pyridine rings is 1. The molecule has 1 unspecified atom stereocenters. The number of halogens is 2. The first-order chi connectivity index (χ1) is 17.8. The molecule has 2 heterocycles. The van der Waals surface area contributed by atoms with Crippen molar-refractivity contribution in [3.63, 3.8) is 0 Å². The summed E-state index contributed by atoms with van der Waals surface area (Å²) in [6, 6.07) is 24.5. The second-order valence-electron chi connectivity index (χ2n) is 9.59. The van der Waals surface area contributed by atoms with Crippen LogP contribution in [0.2, 0.25) is 0 Å². The molecule has 0 spiro atoms. The van der Waals surface area contributed by atoms with Gasteiger partial charge < -0.3 is 14.4 Å². The molecule has 2 aromatic heterocycles. The Kier molecular flexibility index (Phi) is 6.87. The van der Waals surface area contributed by atoms with Gasteiger partial charge in [-0.15, -0.1) is 0 Å².